The minimum Gasteiger partial charge on any atom is -0.358 e. The molecule has 84 valence electrons. The monoisotopic (exact) mass is 280 g/mol. The fraction of sp³-hybridized carbons (Fsp3) is 0.417. The zero-order chi connectivity index (χ0) is 11.0. The van der Waals surface area contributed by atoms with E-state index in [-0.39, 0.29) is 6.23 Å². The van der Waals surface area contributed by atoms with E-state index in [9.17, 15) is 0 Å². The molecular weight excluding hydrogens is 268 g/mol. The quantitative estimate of drug-likeness (QED) is 0.800. The summed E-state index contributed by atoms with van der Waals surface area (Å²) in [4.78, 5) is 4.40. The molecule has 0 bridgehead atoms. The second kappa shape index (κ2) is 4.18. The van der Waals surface area contributed by atoms with Gasteiger partial charge in [0, 0.05) is 11.1 Å². The van der Waals surface area contributed by atoms with Crippen molar-refractivity contribution >= 4 is 27.0 Å². The maximum absolute atomic E-state index is 5.78. The zero-order valence-corrected chi connectivity index (χ0v) is 10.5. The summed E-state index contributed by atoms with van der Waals surface area (Å²) in [6.07, 6.45) is 5.53. The predicted molar refractivity (Wildman–Crippen MR) is 66.3 cm³/mol. The molecule has 0 amide bonds. The highest BCUT2D eigenvalue weighted by Crippen LogP contribution is 2.27. The number of rotatable bonds is 1. The van der Waals surface area contributed by atoms with Gasteiger partial charge >= 0.3 is 0 Å². The van der Waals surface area contributed by atoms with Crippen LogP contribution in [0.2, 0.25) is 0 Å². The van der Waals surface area contributed by atoms with E-state index in [1.807, 2.05) is 18.5 Å². The highest BCUT2D eigenvalue weighted by molar-refractivity contribution is 9.10. The number of aromatic nitrogens is 2. The molecule has 1 aliphatic heterocycles. The molecule has 4 heteroatoms. The van der Waals surface area contributed by atoms with Crippen molar-refractivity contribution in [3.63, 3.8) is 0 Å². The number of halogens is 1. The van der Waals surface area contributed by atoms with E-state index in [0.29, 0.717) is 0 Å². The molecule has 2 aromatic rings. The zero-order valence-electron chi connectivity index (χ0n) is 8.90. The van der Waals surface area contributed by atoms with Crippen LogP contribution in [0.25, 0.3) is 11.0 Å². The lowest BCUT2D eigenvalue weighted by Crippen LogP contribution is -2.17. The normalized spacial score (nSPS) is 21.4. The Morgan fingerprint density at radius 1 is 1.38 bits per heavy atom. The Labute approximate surface area is 103 Å². The molecule has 2 heterocycles. The first kappa shape index (κ1) is 10.3. The molecule has 0 spiro atoms. The maximum Gasteiger partial charge on any atom is 0.135 e. The third-order valence-corrected chi connectivity index (χ3v) is 3.50. The van der Waals surface area contributed by atoms with Gasteiger partial charge in [0.15, 0.2) is 0 Å². The van der Waals surface area contributed by atoms with Crippen molar-refractivity contribution in [1.29, 1.82) is 0 Å². The van der Waals surface area contributed by atoms with Gasteiger partial charge < -0.3 is 9.30 Å². The fourth-order valence-electron chi connectivity index (χ4n) is 2.17. The summed E-state index contributed by atoms with van der Waals surface area (Å²) >= 11 is 3.49. The highest BCUT2D eigenvalue weighted by atomic mass is 79.9. The summed E-state index contributed by atoms with van der Waals surface area (Å²) < 4.78 is 9.00. The van der Waals surface area contributed by atoms with Crippen LogP contribution in [-0.4, -0.2) is 16.2 Å². The Morgan fingerprint density at radius 3 is 3.12 bits per heavy atom. The van der Waals surface area contributed by atoms with Crippen LogP contribution in [0, 0.1) is 0 Å². The van der Waals surface area contributed by atoms with Crippen molar-refractivity contribution in [3.05, 3.63) is 29.0 Å². The van der Waals surface area contributed by atoms with Gasteiger partial charge in [-0.2, -0.15) is 0 Å². The average molecular weight is 281 g/mol. The molecule has 3 nitrogen and oxygen atoms in total. The molecule has 1 atom stereocenters. The van der Waals surface area contributed by atoms with Gasteiger partial charge in [-0.15, -0.1) is 0 Å². The predicted octanol–water partition coefficient (Wildman–Crippen LogP) is 3.50. The van der Waals surface area contributed by atoms with Crippen molar-refractivity contribution in [1.82, 2.24) is 9.55 Å². The molecule has 16 heavy (non-hydrogen) atoms. The van der Waals surface area contributed by atoms with Crippen molar-refractivity contribution in [3.8, 4) is 0 Å². The highest BCUT2D eigenvalue weighted by Gasteiger charge is 2.17. The number of imidazole rings is 1. The summed E-state index contributed by atoms with van der Waals surface area (Å²) in [6, 6.07) is 6.14. The molecule has 1 aromatic carbocycles. The first-order valence-electron chi connectivity index (χ1n) is 5.58. The van der Waals surface area contributed by atoms with E-state index in [0.717, 1.165) is 28.5 Å². The summed E-state index contributed by atoms with van der Waals surface area (Å²) in [7, 11) is 0. The average Bonchev–Trinajstić information content (AvgIpc) is 2.73. The Kier molecular flexibility index (Phi) is 2.69. The fourth-order valence-corrected chi connectivity index (χ4v) is 2.52. The lowest BCUT2D eigenvalue weighted by molar-refractivity contribution is -0.0295. The van der Waals surface area contributed by atoms with E-state index >= 15 is 0 Å². The van der Waals surface area contributed by atoms with Gasteiger partial charge in [0.2, 0.25) is 0 Å². The first-order chi connectivity index (χ1) is 7.84. The van der Waals surface area contributed by atoms with Crippen LogP contribution >= 0.6 is 15.9 Å². The van der Waals surface area contributed by atoms with Crippen LogP contribution in [0.4, 0.5) is 0 Å². The van der Waals surface area contributed by atoms with Crippen LogP contribution in [0.5, 0.6) is 0 Å². The smallest absolute Gasteiger partial charge is 0.135 e. The molecule has 0 saturated carbocycles. The number of hydrogen-bond acceptors (Lipinski definition) is 2. The standard InChI is InChI=1S/C12H13BrN2O/c13-9-4-5-10-11(7-9)15(8-14-10)12-3-1-2-6-16-12/h4-5,7-8,12H,1-3,6H2/t12-/m1/s1. The van der Waals surface area contributed by atoms with Crippen LogP contribution in [0.15, 0.2) is 29.0 Å². The number of fused-ring (bicyclic) bond motifs is 1. The van der Waals surface area contributed by atoms with Crippen LogP contribution in [-0.2, 0) is 4.74 Å². The van der Waals surface area contributed by atoms with Gasteiger partial charge in [0.05, 0.1) is 17.4 Å². The SMILES string of the molecule is Brc1ccc2ncn([C@H]3CCCCO3)c2c1. The molecule has 1 aliphatic rings. The third-order valence-electron chi connectivity index (χ3n) is 3.00. The van der Waals surface area contributed by atoms with E-state index in [2.05, 4.69) is 31.5 Å². The lowest BCUT2D eigenvalue weighted by atomic mass is 10.2. The Morgan fingerprint density at radius 2 is 2.31 bits per heavy atom. The topological polar surface area (TPSA) is 27.1 Å². The molecule has 1 aromatic heterocycles. The molecule has 0 unspecified atom stereocenters. The Bertz CT molecular complexity index is 503. The third kappa shape index (κ3) is 1.76. The molecule has 1 fully saturated rings. The van der Waals surface area contributed by atoms with Crippen LogP contribution in [0.3, 0.4) is 0 Å². The van der Waals surface area contributed by atoms with Crippen molar-refractivity contribution in [2.75, 3.05) is 6.61 Å². The van der Waals surface area contributed by atoms with Crippen LogP contribution in [0.1, 0.15) is 25.5 Å². The summed E-state index contributed by atoms with van der Waals surface area (Å²) in [5.41, 5.74) is 2.17. The maximum atomic E-state index is 5.78. The Balaban J connectivity index is 2.05. The van der Waals surface area contributed by atoms with Gasteiger partial charge in [-0.25, -0.2) is 4.98 Å². The van der Waals surface area contributed by atoms with E-state index in [1.165, 1.54) is 12.8 Å². The van der Waals surface area contributed by atoms with E-state index < -0.39 is 0 Å². The van der Waals surface area contributed by atoms with Crippen molar-refractivity contribution < 1.29 is 4.74 Å². The molecular formula is C12H13BrN2O. The minimum absolute atomic E-state index is 0.160. The minimum atomic E-state index is 0.160. The second-order valence-corrected chi connectivity index (χ2v) is 5.02. The molecule has 0 aliphatic carbocycles. The van der Waals surface area contributed by atoms with E-state index in [1.54, 1.807) is 0 Å². The van der Waals surface area contributed by atoms with Crippen LogP contribution < -0.4 is 0 Å². The number of hydrogen-bond donors (Lipinski definition) is 0. The lowest BCUT2D eigenvalue weighted by Gasteiger charge is -2.24. The largest absolute Gasteiger partial charge is 0.358 e. The number of ether oxygens (including phenoxy) is 1. The Hall–Kier alpha value is -0.870. The van der Waals surface area contributed by atoms with Crippen molar-refractivity contribution in [2.45, 2.75) is 25.5 Å². The molecule has 1 saturated heterocycles. The summed E-state index contributed by atoms with van der Waals surface area (Å²) in [6.45, 7) is 0.859. The molecule has 0 N–H and O–H groups in total. The van der Waals surface area contributed by atoms with Gasteiger partial charge in [0.25, 0.3) is 0 Å². The molecule has 3 rings (SSSR count). The molecule has 0 radical (unpaired) electrons. The van der Waals surface area contributed by atoms with Gasteiger partial charge in [-0.05, 0) is 37.5 Å². The number of nitrogens with zero attached hydrogens (tertiary/aromatic N) is 2. The van der Waals surface area contributed by atoms with Gasteiger partial charge in [-0.1, -0.05) is 15.9 Å². The van der Waals surface area contributed by atoms with E-state index in [4.69, 9.17) is 4.74 Å². The second-order valence-electron chi connectivity index (χ2n) is 4.11. The van der Waals surface area contributed by atoms with Crippen molar-refractivity contribution in [2.24, 2.45) is 0 Å². The number of benzene rings is 1. The first-order valence-corrected chi connectivity index (χ1v) is 6.37. The summed E-state index contributed by atoms with van der Waals surface area (Å²) in [5, 5.41) is 0. The van der Waals surface area contributed by atoms with Gasteiger partial charge in [0.1, 0.15) is 6.23 Å². The van der Waals surface area contributed by atoms with Gasteiger partial charge in [-0.3, -0.25) is 0 Å². The summed E-state index contributed by atoms with van der Waals surface area (Å²) in [5.74, 6) is 0.